The van der Waals surface area contributed by atoms with Gasteiger partial charge in [-0.15, -0.1) is 0 Å². The van der Waals surface area contributed by atoms with Crippen LogP contribution >= 0.6 is 0 Å². The lowest BCUT2D eigenvalue weighted by Gasteiger charge is -2.31. The standard InChI is InChI=1S/C21H26N6O3/c1-14(16-6-8-17(9-7-16)26-13-22-12-23-26)25(3)18(28)15(2)27-19(29)21(24-20(27)30)10-4-5-11-21/h6-9,12-15H,4-5,10-11H2,1-3H3,(H,24,30). The quantitative estimate of drug-likeness (QED) is 0.761. The Labute approximate surface area is 175 Å². The van der Waals surface area contributed by atoms with Crippen LogP contribution in [0.15, 0.2) is 36.9 Å². The Balaban J connectivity index is 1.47. The molecule has 1 N–H and O–H groups in total. The molecule has 30 heavy (non-hydrogen) atoms. The van der Waals surface area contributed by atoms with Gasteiger partial charge in [-0.05, 0) is 44.4 Å². The number of imide groups is 1. The van der Waals surface area contributed by atoms with Gasteiger partial charge in [0.05, 0.1) is 11.7 Å². The van der Waals surface area contributed by atoms with E-state index in [0.29, 0.717) is 12.8 Å². The van der Waals surface area contributed by atoms with Crippen LogP contribution in [0.2, 0.25) is 0 Å². The molecule has 2 unspecified atom stereocenters. The van der Waals surface area contributed by atoms with Gasteiger partial charge in [0.2, 0.25) is 5.91 Å². The fraction of sp³-hybridized carbons (Fsp3) is 0.476. The number of rotatable bonds is 5. The van der Waals surface area contributed by atoms with Crippen molar-refractivity contribution in [2.75, 3.05) is 7.05 Å². The van der Waals surface area contributed by atoms with Gasteiger partial charge < -0.3 is 10.2 Å². The fourth-order valence-corrected chi connectivity index (χ4v) is 4.38. The van der Waals surface area contributed by atoms with Gasteiger partial charge in [-0.3, -0.25) is 9.59 Å². The van der Waals surface area contributed by atoms with Crippen molar-refractivity contribution in [1.82, 2.24) is 29.9 Å². The number of nitrogens with one attached hydrogen (secondary N) is 1. The van der Waals surface area contributed by atoms with Gasteiger partial charge in [0.15, 0.2) is 0 Å². The first-order valence-corrected chi connectivity index (χ1v) is 10.2. The third kappa shape index (κ3) is 3.24. The molecule has 2 fully saturated rings. The van der Waals surface area contributed by atoms with E-state index >= 15 is 0 Å². The van der Waals surface area contributed by atoms with Gasteiger partial charge >= 0.3 is 6.03 Å². The molecule has 1 aromatic carbocycles. The van der Waals surface area contributed by atoms with E-state index in [1.165, 1.54) is 6.33 Å². The summed E-state index contributed by atoms with van der Waals surface area (Å²) >= 11 is 0. The molecular formula is C21H26N6O3. The molecule has 1 aromatic heterocycles. The molecule has 9 nitrogen and oxygen atoms in total. The molecule has 4 rings (SSSR count). The smallest absolute Gasteiger partial charge is 0.325 e. The van der Waals surface area contributed by atoms with Gasteiger partial charge in [0.25, 0.3) is 5.91 Å². The van der Waals surface area contributed by atoms with Crippen LogP contribution in [0.3, 0.4) is 0 Å². The van der Waals surface area contributed by atoms with Crippen molar-refractivity contribution in [2.45, 2.75) is 57.2 Å². The van der Waals surface area contributed by atoms with Gasteiger partial charge in [0, 0.05) is 7.05 Å². The lowest BCUT2D eigenvalue weighted by Crippen LogP contribution is -2.50. The number of aromatic nitrogens is 3. The second-order valence-corrected chi connectivity index (χ2v) is 8.13. The van der Waals surface area contributed by atoms with Crippen LogP contribution in [0.4, 0.5) is 4.79 Å². The fourth-order valence-electron chi connectivity index (χ4n) is 4.38. The van der Waals surface area contributed by atoms with Gasteiger partial charge in [0.1, 0.15) is 24.2 Å². The maximum absolute atomic E-state index is 13.1. The Morgan fingerprint density at radius 1 is 1.17 bits per heavy atom. The Morgan fingerprint density at radius 3 is 2.43 bits per heavy atom. The maximum Gasteiger partial charge on any atom is 0.325 e. The highest BCUT2D eigenvalue weighted by Gasteiger charge is 2.54. The molecule has 1 aliphatic heterocycles. The molecule has 9 heteroatoms. The van der Waals surface area contributed by atoms with Gasteiger partial charge in [-0.1, -0.05) is 25.0 Å². The summed E-state index contributed by atoms with van der Waals surface area (Å²) in [5, 5.41) is 6.94. The van der Waals surface area contributed by atoms with E-state index in [0.717, 1.165) is 29.0 Å². The molecule has 2 aromatic rings. The second kappa shape index (κ2) is 7.55. The SMILES string of the molecule is CC(c1ccc(-n2cncn2)cc1)N(C)C(=O)C(C)N1C(=O)NC2(CCCC2)C1=O. The number of hydrogen-bond acceptors (Lipinski definition) is 5. The van der Waals surface area contributed by atoms with Crippen LogP contribution < -0.4 is 5.32 Å². The van der Waals surface area contributed by atoms with Crippen LogP contribution in [0.25, 0.3) is 5.69 Å². The zero-order valence-electron chi connectivity index (χ0n) is 17.4. The number of urea groups is 1. The average Bonchev–Trinajstić information content (AvgIpc) is 3.49. The first-order valence-electron chi connectivity index (χ1n) is 10.2. The average molecular weight is 410 g/mol. The van der Waals surface area contributed by atoms with Crippen LogP contribution in [-0.2, 0) is 9.59 Å². The van der Waals surface area contributed by atoms with Crippen LogP contribution in [0.1, 0.15) is 51.1 Å². The van der Waals surface area contributed by atoms with E-state index in [-0.39, 0.29) is 17.9 Å². The lowest BCUT2D eigenvalue weighted by atomic mass is 9.97. The molecule has 2 heterocycles. The second-order valence-electron chi connectivity index (χ2n) is 8.13. The Morgan fingerprint density at radius 2 is 1.83 bits per heavy atom. The van der Waals surface area contributed by atoms with Crippen molar-refractivity contribution in [3.05, 3.63) is 42.5 Å². The summed E-state index contributed by atoms with van der Waals surface area (Å²) in [5.41, 5.74) is 0.992. The number of carbonyl (C=O) groups is 3. The zero-order valence-corrected chi connectivity index (χ0v) is 17.4. The van der Waals surface area contributed by atoms with Crippen molar-refractivity contribution >= 4 is 17.8 Å². The molecule has 1 spiro atoms. The summed E-state index contributed by atoms with van der Waals surface area (Å²) in [6, 6.07) is 6.10. The number of likely N-dealkylation sites (N-methyl/N-ethyl adjacent to an activating group) is 1. The summed E-state index contributed by atoms with van der Waals surface area (Å²) < 4.78 is 1.65. The number of amides is 4. The monoisotopic (exact) mass is 410 g/mol. The van der Waals surface area contributed by atoms with Crippen LogP contribution in [0.5, 0.6) is 0 Å². The molecule has 0 radical (unpaired) electrons. The number of benzene rings is 1. The highest BCUT2D eigenvalue weighted by Crippen LogP contribution is 2.36. The molecule has 4 amide bonds. The summed E-state index contributed by atoms with van der Waals surface area (Å²) in [7, 11) is 1.69. The summed E-state index contributed by atoms with van der Waals surface area (Å²) in [6.07, 6.45) is 6.17. The van der Waals surface area contributed by atoms with Gasteiger partial charge in [-0.2, -0.15) is 5.10 Å². The minimum Gasteiger partial charge on any atom is -0.337 e. The minimum atomic E-state index is -0.862. The topological polar surface area (TPSA) is 100 Å². The Hall–Kier alpha value is -3.23. The summed E-state index contributed by atoms with van der Waals surface area (Å²) in [5.74, 6) is -0.550. The third-order valence-corrected chi connectivity index (χ3v) is 6.38. The minimum absolute atomic E-state index is 0.231. The number of carbonyl (C=O) groups excluding carboxylic acids is 3. The molecule has 1 saturated heterocycles. The van der Waals surface area contributed by atoms with Crippen LogP contribution in [-0.4, -0.2) is 61.0 Å². The van der Waals surface area contributed by atoms with Crippen LogP contribution in [0, 0.1) is 0 Å². The molecule has 1 saturated carbocycles. The summed E-state index contributed by atoms with van der Waals surface area (Å²) in [6.45, 7) is 3.53. The largest absolute Gasteiger partial charge is 0.337 e. The molecule has 2 aliphatic rings. The summed E-state index contributed by atoms with van der Waals surface area (Å²) in [4.78, 5) is 45.2. The molecule has 2 atom stereocenters. The molecule has 158 valence electrons. The van der Waals surface area contributed by atoms with Crippen molar-refractivity contribution in [1.29, 1.82) is 0 Å². The van der Waals surface area contributed by atoms with E-state index in [1.54, 1.807) is 29.9 Å². The van der Waals surface area contributed by atoms with Crippen molar-refractivity contribution in [3.63, 3.8) is 0 Å². The molecular weight excluding hydrogens is 384 g/mol. The normalized spacial score (nSPS) is 19.8. The number of hydrogen-bond donors (Lipinski definition) is 1. The zero-order chi connectivity index (χ0) is 21.5. The van der Waals surface area contributed by atoms with E-state index < -0.39 is 17.6 Å². The first-order chi connectivity index (χ1) is 14.3. The highest BCUT2D eigenvalue weighted by molar-refractivity contribution is 6.10. The van der Waals surface area contributed by atoms with E-state index in [1.807, 2.05) is 31.2 Å². The predicted molar refractivity (Wildman–Crippen MR) is 109 cm³/mol. The van der Waals surface area contributed by atoms with Crippen molar-refractivity contribution in [2.24, 2.45) is 0 Å². The third-order valence-electron chi connectivity index (χ3n) is 6.38. The molecule has 0 bridgehead atoms. The Bertz CT molecular complexity index is 950. The van der Waals surface area contributed by atoms with E-state index in [9.17, 15) is 14.4 Å². The van der Waals surface area contributed by atoms with Crippen molar-refractivity contribution in [3.8, 4) is 5.69 Å². The lowest BCUT2D eigenvalue weighted by molar-refractivity contribution is -0.143. The van der Waals surface area contributed by atoms with E-state index in [4.69, 9.17) is 0 Å². The number of nitrogens with zero attached hydrogens (tertiary/aromatic N) is 5. The highest BCUT2D eigenvalue weighted by atomic mass is 16.2. The van der Waals surface area contributed by atoms with Gasteiger partial charge in [-0.25, -0.2) is 19.4 Å². The maximum atomic E-state index is 13.1. The van der Waals surface area contributed by atoms with E-state index in [2.05, 4.69) is 15.4 Å². The molecule has 1 aliphatic carbocycles. The van der Waals surface area contributed by atoms with Crippen molar-refractivity contribution < 1.29 is 14.4 Å². The first kappa shape index (κ1) is 20.1. The Kier molecular flexibility index (Phi) is 5.05. The predicted octanol–water partition coefficient (Wildman–Crippen LogP) is 2.04.